The normalized spacial score (nSPS) is 11.5. The molecular formula is C25H20FN9. The predicted molar refractivity (Wildman–Crippen MR) is 131 cm³/mol. The van der Waals surface area contributed by atoms with Crippen LogP contribution in [0.5, 0.6) is 0 Å². The van der Waals surface area contributed by atoms with Gasteiger partial charge < -0.3 is 10.3 Å². The first kappa shape index (κ1) is 21.0. The Labute approximate surface area is 198 Å². The lowest BCUT2D eigenvalue weighted by atomic mass is 10.1. The average Bonchev–Trinajstić information content (AvgIpc) is 3.53. The highest BCUT2D eigenvalue weighted by Gasteiger charge is 2.21. The number of fused-ring (bicyclic) bond motifs is 2. The summed E-state index contributed by atoms with van der Waals surface area (Å²) in [6, 6.07) is 7.60. The van der Waals surface area contributed by atoms with Gasteiger partial charge in [-0.05, 0) is 30.3 Å². The minimum Gasteiger partial charge on any atom is -0.321 e. The summed E-state index contributed by atoms with van der Waals surface area (Å²) >= 11 is 0. The number of hydrogen-bond acceptors (Lipinski definition) is 7. The van der Waals surface area contributed by atoms with Crippen LogP contribution >= 0.6 is 0 Å². The van der Waals surface area contributed by atoms with Gasteiger partial charge in [0.25, 0.3) is 0 Å². The van der Waals surface area contributed by atoms with Gasteiger partial charge in [-0.2, -0.15) is 5.10 Å². The monoisotopic (exact) mass is 465 g/mol. The zero-order valence-electron chi connectivity index (χ0n) is 18.7. The number of hydrogen-bond donors (Lipinski definition) is 3. The van der Waals surface area contributed by atoms with Crippen LogP contribution in [0.2, 0.25) is 0 Å². The Hall–Kier alpha value is -4.57. The van der Waals surface area contributed by atoms with Gasteiger partial charge in [-0.25, -0.2) is 19.3 Å². The van der Waals surface area contributed by atoms with E-state index in [0.29, 0.717) is 46.0 Å². The van der Waals surface area contributed by atoms with E-state index < -0.39 is 5.82 Å². The Balaban J connectivity index is 1.48. The molecule has 6 heterocycles. The first-order valence-corrected chi connectivity index (χ1v) is 11.2. The van der Waals surface area contributed by atoms with Crippen LogP contribution in [0, 0.1) is 5.82 Å². The van der Waals surface area contributed by atoms with E-state index in [-0.39, 0.29) is 5.39 Å². The van der Waals surface area contributed by atoms with Crippen LogP contribution < -0.4 is 5.32 Å². The fourth-order valence-corrected chi connectivity index (χ4v) is 4.11. The second-order valence-corrected chi connectivity index (χ2v) is 8.03. The highest BCUT2D eigenvalue weighted by atomic mass is 19.1. The number of aromatic amines is 2. The summed E-state index contributed by atoms with van der Waals surface area (Å²) in [6.45, 7) is 3.51. The molecule has 0 saturated carbocycles. The molecule has 10 heteroatoms. The van der Waals surface area contributed by atoms with Gasteiger partial charge in [0.2, 0.25) is 0 Å². The largest absolute Gasteiger partial charge is 0.321 e. The molecule has 0 aliphatic rings. The molecule has 0 unspecified atom stereocenters. The molecule has 9 nitrogen and oxygen atoms in total. The van der Waals surface area contributed by atoms with Gasteiger partial charge in [0.15, 0.2) is 17.1 Å². The third-order valence-corrected chi connectivity index (χ3v) is 5.79. The van der Waals surface area contributed by atoms with Crippen molar-refractivity contribution in [3.05, 3.63) is 72.8 Å². The third-order valence-electron chi connectivity index (χ3n) is 5.79. The molecule has 0 saturated heterocycles. The molecular weight excluding hydrogens is 445 g/mol. The van der Waals surface area contributed by atoms with Crippen LogP contribution in [0.1, 0.15) is 12.5 Å². The summed E-state index contributed by atoms with van der Waals surface area (Å²) in [5.74, 6) is -0.0472. The summed E-state index contributed by atoms with van der Waals surface area (Å²) in [6.07, 6.45) is 10.1. The molecule has 172 valence electrons. The molecule has 0 radical (unpaired) electrons. The van der Waals surface area contributed by atoms with Crippen LogP contribution in [0.3, 0.4) is 0 Å². The van der Waals surface area contributed by atoms with Crippen molar-refractivity contribution < 1.29 is 4.39 Å². The van der Waals surface area contributed by atoms with E-state index in [4.69, 9.17) is 4.98 Å². The Morgan fingerprint density at radius 3 is 2.71 bits per heavy atom. The number of aromatic nitrogens is 8. The Morgan fingerprint density at radius 1 is 0.943 bits per heavy atom. The van der Waals surface area contributed by atoms with Crippen molar-refractivity contribution in [2.75, 3.05) is 6.54 Å². The molecule has 6 aromatic rings. The first-order valence-electron chi connectivity index (χ1n) is 11.2. The number of nitrogens with zero attached hydrogens (tertiary/aromatic N) is 6. The van der Waals surface area contributed by atoms with E-state index in [0.717, 1.165) is 23.2 Å². The summed E-state index contributed by atoms with van der Waals surface area (Å²) in [7, 11) is 0. The summed E-state index contributed by atoms with van der Waals surface area (Å²) in [5, 5.41) is 10.7. The van der Waals surface area contributed by atoms with Crippen LogP contribution in [0.4, 0.5) is 4.39 Å². The van der Waals surface area contributed by atoms with Crippen LogP contribution in [0.25, 0.3) is 56.0 Å². The number of halogens is 1. The van der Waals surface area contributed by atoms with Crippen molar-refractivity contribution in [3.8, 4) is 33.8 Å². The molecule has 6 rings (SSSR count). The summed E-state index contributed by atoms with van der Waals surface area (Å²) in [4.78, 5) is 25.2. The highest BCUT2D eigenvalue weighted by molar-refractivity contribution is 5.96. The second-order valence-electron chi connectivity index (χ2n) is 8.03. The SMILES string of the molecule is CCNCc1cncc(-c2cnc3[nH]nc(-c4nc5c(-c6cccnc6)ccnc5[nH]4)c3c2F)c1. The first-order chi connectivity index (χ1) is 17.2. The average molecular weight is 465 g/mol. The topological polar surface area (TPSA) is 121 Å². The maximum Gasteiger partial charge on any atom is 0.161 e. The summed E-state index contributed by atoms with van der Waals surface area (Å²) < 4.78 is 15.9. The molecule has 0 aliphatic heterocycles. The Kier molecular flexibility index (Phi) is 5.19. The van der Waals surface area contributed by atoms with Gasteiger partial charge in [-0.1, -0.05) is 13.0 Å². The maximum atomic E-state index is 15.9. The van der Waals surface area contributed by atoms with Gasteiger partial charge in [0.05, 0.1) is 5.39 Å². The van der Waals surface area contributed by atoms with Gasteiger partial charge >= 0.3 is 0 Å². The van der Waals surface area contributed by atoms with E-state index in [2.05, 4.69) is 40.4 Å². The standard InChI is InChI=1S/C25H20FN9/c1-2-27-9-14-8-16(12-29-10-14)18-13-31-23-19(20(18)26)22(34-35-23)25-32-21-17(5-7-30-24(21)33-25)15-4-3-6-28-11-15/h3-8,10-13,27H,2,9H2,1H3,(H,30,32,33)(H,31,34,35). The lowest BCUT2D eigenvalue weighted by Gasteiger charge is -2.07. The minimum absolute atomic E-state index is 0.251. The van der Waals surface area contributed by atoms with Crippen molar-refractivity contribution in [3.63, 3.8) is 0 Å². The molecule has 0 bridgehead atoms. The van der Waals surface area contributed by atoms with Gasteiger partial charge in [-0.3, -0.25) is 15.1 Å². The number of imidazole rings is 1. The Morgan fingerprint density at radius 2 is 1.86 bits per heavy atom. The molecule has 0 amide bonds. The maximum absolute atomic E-state index is 15.9. The zero-order valence-corrected chi connectivity index (χ0v) is 18.7. The second kappa shape index (κ2) is 8.65. The fourth-order valence-electron chi connectivity index (χ4n) is 4.11. The summed E-state index contributed by atoms with van der Waals surface area (Å²) in [5.41, 5.74) is 5.61. The van der Waals surface area contributed by atoms with Crippen molar-refractivity contribution in [1.29, 1.82) is 0 Å². The van der Waals surface area contributed by atoms with Gasteiger partial charge in [-0.15, -0.1) is 0 Å². The molecule has 6 aromatic heterocycles. The smallest absolute Gasteiger partial charge is 0.161 e. The lowest BCUT2D eigenvalue weighted by Crippen LogP contribution is -2.11. The fraction of sp³-hybridized carbons (Fsp3) is 0.120. The Bertz CT molecular complexity index is 1660. The quantitative estimate of drug-likeness (QED) is 0.336. The van der Waals surface area contributed by atoms with Crippen LogP contribution in [-0.2, 0) is 6.54 Å². The van der Waals surface area contributed by atoms with Crippen LogP contribution in [-0.4, -0.2) is 46.6 Å². The molecule has 0 fully saturated rings. The number of pyridine rings is 4. The molecule has 3 N–H and O–H groups in total. The number of rotatable bonds is 6. The van der Waals surface area contributed by atoms with Crippen molar-refractivity contribution in [2.45, 2.75) is 13.5 Å². The van der Waals surface area contributed by atoms with Gasteiger partial charge in [0.1, 0.15) is 17.0 Å². The van der Waals surface area contributed by atoms with Gasteiger partial charge in [0, 0.05) is 66.0 Å². The minimum atomic E-state index is -0.443. The lowest BCUT2D eigenvalue weighted by molar-refractivity contribution is 0.642. The van der Waals surface area contributed by atoms with Crippen LogP contribution in [0.15, 0.2) is 61.4 Å². The van der Waals surface area contributed by atoms with Crippen molar-refractivity contribution in [1.82, 2.24) is 45.4 Å². The number of H-pyrrole nitrogens is 2. The van der Waals surface area contributed by atoms with E-state index >= 15 is 4.39 Å². The van der Waals surface area contributed by atoms with E-state index in [1.54, 1.807) is 31.0 Å². The molecule has 35 heavy (non-hydrogen) atoms. The van der Waals surface area contributed by atoms with Crippen molar-refractivity contribution >= 4 is 22.2 Å². The highest BCUT2D eigenvalue weighted by Crippen LogP contribution is 2.34. The predicted octanol–water partition coefficient (Wildman–Crippen LogP) is 4.27. The molecule has 0 atom stereocenters. The zero-order chi connectivity index (χ0) is 23.8. The number of nitrogens with one attached hydrogen (secondary N) is 3. The van der Waals surface area contributed by atoms with E-state index in [1.807, 2.05) is 31.2 Å². The van der Waals surface area contributed by atoms with E-state index in [9.17, 15) is 0 Å². The molecule has 0 aromatic carbocycles. The van der Waals surface area contributed by atoms with Crippen molar-refractivity contribution in [2.24, 2.45) is 0 Å². The molecule has 0 spiro atoms. The molecule has 0 aliphatic carbocycles. The third kappa shape index (κ3) is 3.69. The van der Waals surface area contributed by atoms with E-state index in [1.165, 1.54) is 6.20 Å².